The number of amides is 1. The Kier molecular flexibility index (Phi) is 6.90. The van der Waals surface area contributed by atoms with Gasteiger partial charge < -0.3 is 9.42 Å². The zero-order valence-electron chi connectivity index (χ0n) is 20.1. The molecular weight excluding hydrogens is 454 g/mol. The number of rotatable bonds is 6. The molecule has 0 radical (unpaired) electrons. The molecule has 0 saturated carbocycles. The number of para-hydroxylation sites is 1. The molecule has 1 amide bonds. The summed E-state index contributed by atoms with van der Waals surface area (Å²) in [5.74, 6) is 0.319. The number of sulfonamides is 1. The van der Waals surface area contributed by atoms with Gasteiger partial charge in [-0.25, -0.2) is 13.1 Å². The lowest BCUT2D eigenvalue weighted by Crippen LogP contribution is -2.37. The third-order valence-corrected chi connectivity index (χ3v) is 8.55. The van der Waals surface area contributed by atoms with Gasteiger partial charge in [0.05, 0.1) is 11.4 Å². The maximum atomic E-state index is 13.1. The Morgan fingerprint density at radius 3 is 2.41 bits per heavy atom. The molecule has 0 spiro atoms. The molecule has 2 aromatic heterocycles. The fourth-order valence-corrected chi connectivity index (χ4v) is 6.36. The largest absolute Gasteiger partial charge is 0.360 e. The Morgan fingerprint density at radius 2 is 1.74 bits per heavy atom. The third-order valence-electron chi connectivity index (χ3n) is 6.40. The van der Waals surface area contributed by atoms with Gasteiger partial charge >= 0.3 is 0 Å². The average molecular weight is 486 g/mol. The van der Waals surface area contributed by atoms with E-state index in [1.807, 2.05) is 48.9 Å². The molecule has 9 nitrogen and oxygen atoms in total. The molecule has 0 N–H and O–H groups in total. The van der Waals surface area contributed by atoms with E-state index in [0.29, 0.717) is 44.6 Å². The zero-order chi connectivity index (χ0) is 24.5. The first-order valence-corrected chi connectivity index (χ1v) is 13.0. The van der Waals surface area contributed by atoms with Gasteiger partial charge in [0.25, 0.3) is 0 Å². The van der Waals surface area contributed by atoms with Crippen LogP contribution in [0.1, 0.15) is 41.2 Å². The van der Waals surface area contributed by atoms with Crippen LogP contribution in [0, 0.1) is 27.7 Å². The second-order valence-corrected chi connectivity index (χ2v) is 10.6. The normalized spacial score (nSPS) is 15.5. The number of nitrogens with zero attached hydrogens (tertiary/aromatic N) is 5. The molecule has 0 unspecified atom stereocenters. The van der Waals surface area contributed by atoms with E-state index in [1.54, 1.807) is 18.7 Å². The zero-order valence-corrected chi connectivity index (χ0v) is 20.9. The summed E-state index contributed by atoms with van der Waals surface area (Å²) < 4.78 is 34.7. The van der Waals surface area contributed by atoms with Crippen LogP contribution in [0.25, 0.3) is 5.69 Å². The summed E-state index contributed by atoms with van der Waals surface area (Å²) in [7, 11) is -3.71. The molecule has 10 heteroatoms. The molecule has 4 rings (SSSR count). The first-order chi connectivity index (χ1) is 16.2. The van der Waals surface area contributed by atoms with Crippen LogP contribution in [0.5, 0.6) is 0 Å². The van der Waals surface area contributed by atoms with Crippen molar-refractivity contribution in [1.82, 2.24) is 24.1 Å². The second-order valence-electron chi connectivity index (χ2n) is 8.69. The van der Waals surface area contributed by atoms with Crippen LogP contribution >= 0.6 is 0 Å². The summed E-state index contributed by atoms with van der Waals surface area (Å²) in [6.45, 7) is 8.73. The van der Waals surface area contributed by atoms with Crippen LogP contribution in [0.3, 0.4) is 0 Å². The summed E-state index contributed by atoms with van der Waals surface area (Å²) in [4.78, 5) is 14.9. The fraction of sp³-hybridized carbons (Fsp3) is 0.458. The highest BCUT2D eigenvalue weighted by Crippen LogP contribution is 2.25. The topological polar surface area (TPSA) is 102 Å². The van der Waals surface area contributed by atoms with Crippen molar-refractivity contribution in [3.8, 4) is 5.69 Å². The average Bonchev–Trinajstić information content (AvgIpc) is 3.16. The number of carbonyl (C=O) groups is 1. The molecule has 0 aliphatic carbocycles. The monoisotopic (exact) mass is 485 g/mol. The van der Waals surface area contributed by atoms with E-state index in [4.69, 9.17) is 4.52 Å². The maximum absolute atomic E-state index is 13.1. The van der Waals surface area contributed by atoms with E-state index < -0.39 is 10.0 Å². The highest BCUT2D eigenvalue weighted by molar-refractivity contribution is 7.89. The Hall–Kier alpha value is -2.98. The van der Waals surface area contributed by atoms with Crippen molar-refractivity contribution < 1.29 is 17.7 Å². The van der Waals surface area contributed by atoms with Crippen molar-refractivity contribution in [3.63, 3.8) is 0 Å². The van der Waals surface area contributed by atoms with Crippen molar-refractivity contribution in [2.24, 2.45) is 0 Å². The quantitative estimate of drug-likeness (QED) is 0.532. The van der Waals surface area contributed by atoms with E-state index in [0.717, 1.165) is 22.6 Å². The predicted octanol–water partition coefficient (Wildman–Crippen LogP) is 2.95. The van der Waals surface area contributed by atoms with Gasteiger partial charge in [-0.2, -0.15) is 9.40 Å². The lowest BCUT2D eigenvalue weighted by Gasteiger charge is -2.22. The van der Waals surface area contributed by atoms with Crippen molar-refractivity contribution in [2.75, 3.05) is 26.2 Å². The number of carbonyl (C=O) groups excluding carboxylic acids is 1. The van der Waals surface area contributed by atoms with Crippen LogP contribution in [0.2, 0.25) is 0 Å². The lowest BCUT2D eigenvalue weighted by atomic mass is 10.1. The van der Waals surface area contributed by atoms with Crippen LogP contribution in [-0.2, 0) is 21.2 Å². The second kappa shape index (κ2) is 9.71. The number of aromatic nitrogens is 3. The molecule has 34 heavy (non-hydrogen) atoms. The van der Waals surface area contributed by atoms with Gasteiger partial charge in [0.1, 0.15) is 10.6 Å². The van der Waals surface area contributed by atoms with E-state index >= 15 is 0 Å². The van der Waals surface area contributed by atoms with Crippen LogP contribution in [0.15, 0.2) is 39.8 Å². The SMILES string of the molecule is Cc1nn(-c2ccccc2)c(C)c1CCC(=O)N1CCCN(S(=O)(=O)c2c(C)noc2C)CC1. The maximum Gasteiger partial charge on any atom is 0.248 e. The molecule has 1 aromatic carbocycles. The molecule has 182 valence electrons. The van der Waals surface area contributed by atoms with Crippen molar-refractivity contribution in [2.45, 2.75) is 51.9 Å². The summed E-state index contributed by atoms with van der Waals surface area (Å²) in [6.07, 6.45) is 1.54. The third kappa shape index (κ3) is 4.65. The fourth-order valence-electron chi connectivity index (χ4n) is 4.60. The summed E-state index contributed by atoms with van der Waals surface area (Å²) in [6, 6.07) is 9.94. The van der Waals surface area contributed by atoms with Gasteiger partial charge in [0, 0.05) is 38.3 Å². The van der Waals surface area contributed by atoms with Gasteiger partial charge in [-0.3, -0.25) is 4.79 Å². The molecule has 1 aliphatic heterocycles. The van der Waals surface area contributed by atoms with Gasteiger partial charge in [0.15, 0.2) is 5.76 Å². The first-order valence-electron chi connectivity index (χ1n) is 11.5. The summed E-state index contributed by atoms with van der Waals surface area (Å²) >= 11 is 0. The molecular formula is C24H31N5O4S. The molecule has 1 saturated heterocycles. The van der Waals surface area contributed by atoms with Gasteiger partial charge in [-0.15, -0.1) is 0 Å². The van der Waals surface area contributed by atoms with Gasteiger partial charge in [-0.05, 0) is 58.2 Å². The number of hydrogen-bond acceptors (Lipinski definition) is 6. The first kappa shape index (κ1) is 24.2. The van der Waals surface area contributed by atoms with Crippen LogP contribution < -0.4 is 0 Å². The Labute approximate surface area is 200 Å². The van der Waals surface area contributed by atoms with Gasteiger partial charge in [-0.1, -0.05) is 23.4 Å². The number of hydrogen-bond donors (Lipinski definition) is 0. The molecule has 3 aromatic rings. The smallest absolute Gasteiger partial charge is 0.248 e. The van der Waals surface area contributed by atoms with E-state index in [9.17, 15) is 13.2 Å². The molecule has 1 fully saturated rings. The molecule has 1 aliphatic rings. The Balaban J connectivity index is 1.40. The molecule has 0 bridgehead atoms. The summed E-state index contributed by atoms with van der Waals surface area (Å²) in [5, 5.41) is 8.45. The van der Waals surface area contributed by atoms with E-state index in [2.05, 4.69) is 10.3 Å². The van der Waals surface area contributed by atoms with Crippen LogP contribution in [0.4, 0.5) is 0 Å². The highest BCUT2D eigenvalue weighted by Gasteiger charge is 2.33. The Bertz CT molecular complexity index is 1260. The molecule has 3 heterocycles. The van der Waals surface area contributed by atoms with E-state index in [1.165, 1.54) is 4.31 Å². The molecule has 0 atom stereocenters. The van der Waals surface area contributed by atoms with Crippen molar-refractivity contribution >= 4 is 15.9 Å². The minimum atomic E-state index is -3.71. The minimum Gasteiger partial charge on any atom is -0.360 e. The lowest BCUT2D eigenvalue weighted by molar-refractivity contribution is -0.131. The standard InChI is InChI=1S/C24H31N5O4S/c1-17-22(19(3)29(25-17)21-9-6-5-7-10-21)11-12-23(30)27-13-8-14-28(16-15-27)34(31,32)24-18(2)26-33-20(24)4/h5-7,9-10H,8,11-16H2,1-4H3. The predicted molar refractivity (Wildman–Crippen MR) is 127 cm³/mol. The van der Waals surface area contributed by atoms with Crippen molar-refractivity contribution in [3.05, 3.63) is 58.7 Å². The van der Waals surface area contributed by atoms with E-state index in [-0.39, 0.29) is 23.1 Å². The number of aryl methyl sites for hydroxylation is 3. The highest BCUT2D eigenvalue weighted by atomic mass is 32.2. The van der Waals surface area contributed by atoms with Gasteiger partial charge in [0.2, 0.25) is 15.9 Å². The summed E-state index contributed by atoms with van der Waals surface area (Å²) in [5.41, 5.74) is 4.38. The minimum absolute atomic E-state index is 0.0304. The van der Waals surface area contributed by atoms with Crippen molar-refractivity contribution in [1.29, 1.82) is 0 Å². The van der Waals surface area contributed by atoms with Crippen LogP contribution in [-0.4, -0.2) is 64.6 Å². The number of benzene rings is 1. The Morgan fingerprint density at radius 1 is 1.00 bits per heavy atom.